The highest BCUT2D eigenvalue weighted by Gasteiger charge is 2.01. The standard InChI is InChI=1S/C8H16ClN3/c1-3-12(4-2)7(6-10)5-8(9)11/h5-6H,3-4,10-11H2,1-2H3/b7-6+,8-5-. The van der Waals surface area contributed by atoms with Crippen LogP contribution in [0.15, 0.2) is 23.1 Å². The van der Waals surface area contributed by atoms with E-state index in [2.05, 4.69) is 4.90 Å². The van der Waals surface area contributed by atoms with Gasteiger partial charge in [0, 0.05) is 19.3 Å². The molecule has 0 heterocycles. The van der Waals surface area contributed by atoms with Crippen LogP contribution in [-0.4, -0.2) is 18.0 Å². The molecule has 0 fully saturated rings. The van der Waals surface area contributed by atoms with Crippen LogP contribution in [0.5, 0.6) is 0 Å². The third kappa shape index (κ3) is 3.53. The highest BCUT2D eigenvalue weighted by atomic mass is 35.5. The van der Waals surface area contributed by atoms with Gasteiger partial charge in [0.25, 0.3) is 0 Å². The first kappa shape index (κ1) is 11.2. The number of allylic oxidation sites excluding steroid dienone is 1. The van der Waals surface area contributed by atoms with Gasteiger partial charge >= 0.3 is 0 Å². The number of likely N-dealkylation sites (N-methyl/N-ethyl adjacent to an activating group) is 1. The Balaban J connectivity index is 4.45. The predicted molar refractivity (Wildman–Crippen MR) is 53.3 cm³/mol. The Morgan fingerprint density at radius 2 is 1.92 bits per heavy atom. The van der Waals surface area contributed by atoms with Crippen LogP contribution in [0.25, 0.3) is 0 Å². The highest BCUT2D eigenvalue weighted by molar-refractivity contribution is 6.29. The quantitative estimate of drug-likeness (QED) is 0.516. The van der Waals surface area contributed by atoms with Crippen molar-refractivity contribution in [3.63, 3.8) is 0 Å². The first-order valence-electron chi connectivity index (χ1n) is 3.95. The maximum Gasteiger partial charge on any atom is 0.101 e. The molecular formula is C8H16ClN3. The Morgan fingerprint density at radius 1 is 1.42 bits per heavy atom. The van der Waals surface area contributed by atoms with E-state index in [1.54, 1.807) is 6.08 Å². The molecule has 0 spiro atoms. The monoisotopic (exact) mass is 189 g/mol. The van der Waals surface area contributed by atoms with Crippen LogP contribution in [0, 0.1) is 0 Å². The van der Waals surface area contributed by atoms with Crippen molar-refractivity contribution in [3.8, 4) is 0 Å². The summed E-state index contributed by atoms with van der Waals surface area (Å²) in [6, 6.07) is 0. The molecule has 0 rings (SSSR count). The number of hydrogen-bond donors (Lipinski definition) is 2. The largest absolute Gasteiger partial charge is 0.403 e. The lowest BCUT2D eigenvalue weighted by Crippen LogP contribution is -2.22. The number of nitrogens with two attached hydrogens (primary N) is 2. The second kappa shape index (κ2) is 5.77. The van der Waals surface area contributed by atoms with Crippen LogP contribution in [0.3, 0.4) is 0 Å². The average molecular weight is 190 g/mol. The zero-order valence-corrected chi connectivity index (χ0v) is 8.30. The molecule has 4 N–H and O–H groups in total. The van der Waals surface area contributed by atoms with Crippen molar-refractivity contribution < 1.29 is 0 Å². The molecule has 0 aromatic heterocycles. The summed E-state index contributed by atoms with van der Waals surface area (Å²) in [7, 11) is 0. The normalized spacial score (nSPS) is 13.2. The van der Waals surface area contributed by atoms with Crippen LogP contribution in [0.1, 0.15) is 13.8 Å². The molecular weight excluding hydrogens is 174 g/mol. The second-order valence-electron chi connectivity index (χ2n) is 2.29. The number of nitrogens with zero attached hydrogens (tertiary/aromatic N) is 1. The van der Waals surface area contributed by atoms with E-state index >= 15 is 0 Å². The summed E-state index contributed by atoms with van der Waals surface area (Å²) in [6.45, 7) is 5.87. The van der Waals surface area contributed by atoms with Crippen LogP contribution >= 0.6 is 11.6 Å². The van der Waals surface area contributed by atoms with Gasteiger partial charge < -0.3 is 16.4 Å². The number of halogens is 1. The van der Waals surface area contributed by atoms with Crippen LogP contribution in [0.4, 0.5) is 0 Å². The summed E-state index contributed by atoms with van der Waals surface area (Å²) in [5.74, 6) is 0. The fourth-order valence-corrected chi connectivity index (χ4v) is 1.09. The van der Waals surface area contributed by atoms with E-state index in [1.165, 1.54) is 6.20 Å². The summed E-state index contributed by atoms with van der Waals surface area (Å²) in [5, 5.41) is 0.249. The molecule has 0 aromatic rings. The molecule has 0 aromatic carbocycles. The van der Waals surface area contributed by atoms with Gasteiger partial charge in [-0.3, -0.25) is 0 Å². The van der Waals surface area contributed by atoms with E-state index in [9.17, 15) is 0 Å². The van der Waals surface area contributed by atoms with Gasteiger partial charge in [-0.15, -0.1) is 0 Å². The maximum atomic E-state index is 5.53. The van der Waals surface area contributed by atoms with Gasteiger partial charge in [0.1, 0.15) is 5.16 Å². The molecule has 0 saturated heterocycles. The Kier molecular flexibility index (Phi) is 5.37. The lowest BCUT2D eigenvalue weighted by molar-refractivity contribution is 0.393. The third-order valence-corrected chi connectivity index (χ3v) is 1.69. The molecule has 70 valence electrons. The summed E-state index contributed by atoms with van der Waals surface area (Å²) in [6.07, 6.45) is 3.15. The number of hydrogen-bond acceptors (Lipinski definition) is 3. The molecule has 0 aliphatic heterocycles. The SMILES string of the molecule is CCN(CC)C(/C=C(\N)Cl)=C/N. The second-order valence-corrected chi connectivity index (χ2v) is 2.73. The van der Waals surface area contributed by atoms with Gasteiger partial charge in [-0.1, -0.05) is 11.6 Å². The van der Waals surface area contributed by atoms with Gasteiger partial charge in [-0.2, -0.15) is 0 Å². The van der Waals surface area contributed by atoms with Crippen molar-refractivity contribution in [3.05, 3.63) is 23.1 Å². The van der Waals surface area contributed by atoms with Crippen LogP contribution < -0.4 is 11.5 Å². The van der Waals surface area contributed by atoms with Crippen LogP contribution in [0.2, 0.25) is 0 Å². The first-order chi connectivity index (χ1) is 5.65. The maximum absolute atomic E-state index is 5.53. The Labute approximate surface area is 78.7 Å². The molecule has 3 nitrogen and oxygen atoms in total. The molecule has 0 bridgehead atoms. The van der Waals surface area contributed by atoms with E-state index in [1.807, 2.05) is 13.8 Å². The molecule has 0 aliphatic rings. The summed E-state index contributed by atoms with van der Waals surface area (Å²) < 4.78 is 0. The Morgan fingerprint density at radius 3 is 2.17 bits per heavy atom. The van der Waals surface area contributed by atoms with E-state index in [0.29, 0.717) is 0 Å². The molecule has 0 radical (unpaired) electrons. The fraction of sp³-hybridized carbons (Fsp3) is 0.500. The Bertz CT molecular complexity index is 179. The van der Waals surface area contributed by atoms with Crippen LogP contribution in [-0.2, 0) is 0 Å². The van der Waals surface area contributed by atoms with Gasteiger partial charge in [0.05, 0.1) is 5.70 Å². The van der Waals surface area contributed by atoms with E-state index in [-0.39, 0.29) is 5.16 Å². The topological polar surface area (TPSA) is 55.3 Å². The summed E-state index contributed by atoms with van der Waals surface area (Å²) in [4.78, 5) is 2.06. The van der Waals surface area contributed by atoms with E-state index < -0.39 is 0 Å². The molecule has 12 heavy (non-hydrogen) atoms. The molecule has 0 saturated carbocycles. The van der Waals surface area contributed by atoms with Crippen molar-refractivity contribution in [2.45, 2.75) is 13.8 Å². The molecule has 0 atom stereocenters. The molecule has 0 amide bonds. The predicted octanol–water partition coefficient (Wildman–Crippen LogP) is 1.17. The van der Waals surface area contributed by atoms with Gasteiger partial charge in [-0.05, 0) is 19.9 Å². The zero-order valence-electron chi connectivity index (χ0n) is 7.55. The van der Waals surface area contributed by atoms with Crippen molar-refractivity contribution in [1.29, 1.82) is 0 Å². The average Bonchev–Trinajstić information content (AvgIpc) is 2.04. The highest BCUT2D eigenvalue weighted by Crippen LogP contribution is 2.06. The Hall–Kier alpha value is -0.830. The van der Waals surface area contributed by atoms with Crippen molar-refractivity contribution in [2.24, 2.45) is 11.5 Å². The summed E-state index contributed by atoms with van der Waals surface area (Å²) >= 11 is 5.53. The lowest BCUT2D eigenvalue weighted by Gasteiger charge is -2.21. The van der Waals surface area contributed by atoms with Crippen molar-refractivity contribution in [2.75, 3.05) is 13.1 Å². The van der Waals surface area contributed by atoms with Crippen molar-refractivity contribution in [1.82, 2.24) is 4.90 Å². The number of rotatable bonds is 4. The minimum Gasteiger partial charge on any atom is -0.403 e. The van der Waals surface area contributed by atoms with Crippen molar-refractivity contribution >= 4 is 11.6 Å². The minimum absolute atomic E-state index is 0.249. The third-order valence-electron chi connectivity index (χ3n) is 1.59. The molecule has 0 unspecified atom stereocenters. The minimum atomic E-state index is 0.249. The molecule has 4 heteroatoms. The smallest absolute Gasteiger partial charge is 0.101 e. The zero-order chi connectivity index (χ0) is 9.56. The van der Waals surface area contributed by atoms with Gasteiger partial charge in [0.15, 0.2) is 0 Å². The first-order valence-corrected chi connectivity index (χ1v) is 4.33. The lowest BCUT2D eigenvalue weighted by atomic mass is 10.3. The van der Waals surface area contributed by atoms with Gasteiger partial charge in [-0.25, -0.2) is 0 Å². The van der Waals surface area contributed by atoms with Gasteiger partial charge in [0.2, 0.25) is 0 Å². The fourth-order valence-electron chi connectivity index (χ4n) is 0.975. The van der Waals surface area contributed by atoms with E-state index in [4.69, 9.17) is 23.1 Å². The summed E-state index contributed by atoms with van der Waals surface area (Å²) in [5.41, 5.74) is 11.6. The molecule has 0 aliphatic carbocycles. The van der Waals surface area contributed by atoms with E-state index in [0.717, 1.165) is 18.8 Å².